The molecule has 0 atom stereocenters. The maximum absolute atomic E-state index is 12.7. The van der Waals surface area contributed by atoms with E-state index in [9.17, 15) is 9.59 Å². The minimum atomic E-state index is -0.621. The molecule has 32 heavy (non-hydrogen) atoms. The second-order valence-electron chi connectivity index (χ2n) is 6.64. The van der Waals surface area contributed by atoms with Crippen LogP contribution >= 0.6 is 11.6 Å². The first-order valence-corrected chi connectivity index (χ1v) is 9.92. The third kappa shape index (κ3) is 5.28. The van der Waals surface area contributed by atoms with Crippen LogP contribution in [0.4, 0.5) is 0 Å². The number of nitrogens with one attached hydrogen (secondary N) is 1. The molecule has 166 valence electrons. The third-order valence-corrected chi connectivity index (χ3v) is 4.85. The van der Waals surface area contributed by atoms with Gasteiger partial charge in [0.2, 0.25) is 5.75 Å². The normalized spacial score (nSPS) is 10.8. The van der Waals surface area contributed by atoms with Gasteiger partial charge in [-0.1, -0.05) is 23.7 Å². The number of carbonyl (C=O) groups excluding carboxylic acids is 1. The monoisotopic (exact) mass is 455 g/mol. The number of hydrogen-bond acceptors (Lipinski definition) is 6. The molecule has 0 aliphatic carbocycles. The second-order valence-corrected chi connectivity index (χ2v) is 7.08. The van der Waals surface area contributed by atoms with E-state index in [1.54, 1.807) is 36.5 Å². The van der Waals surface area contributed by atoms with E-state index < -0.39 is 11.5 Å². The predicted octanol–water partition coefficient (Wildman–Crippen LogP) is 3.34. The minimum Gasteiger partial charge on any atom is -0.493 e. The van der Waals surface area contributed by atoms with Gasteiger partial charge in [-0.2, -0.15) is 5.10 Å². The molecule has 0 aliphatic rings. The highest BCUT2D eigenvalue weighted by Gasteiger charge is 2.14. The summed E-state index contributed by atoms with van der Waals surface area (Å²) in [6.07, 6.45) is 3.03. The Bertz CT molecular complexity index is 1160. The van der Waals surface area contributed by atoms with Crippen LogP contribution < -0.4 is 25.2 Å². The molecule has 0 fully saturated rings. The van der Waals surface area contributed by atoms with Crippen LogP contribution in [0.25, 0.3) is 0 Å². The van der Waals surface area contributed by atoms with Crippen LogP contribution in [0.5, 0.6) is 17.2 Å². The van der Waals surface area contributed by atoms with Crippen molar-refractivity contribution < 1.29 is 19.0 Å². The van der Waals surface area contributed by atoms with Crippen molar-refractivity contribution in [3.8, 4) is 17.2 Å². The fraction of sp³-hybridized carbons (Fsp3) is 0.174. The lowest BCUT2D eigenvalue weighted by molar-refractivity contribution is 0.0953. The van der Waals surface area contributed by atoms with E-state index >= 15 is 0 Å². The van der Waals surface area contributed by atoms with E-state index in [-0.39, 0.29) is 5.56 Å². The number of amides is 1. The van der Waals surface area contributed by atoms with Gasteiger partial charge < -0.3 is 18.8 Å². The SMILES string of the molecule is COc1cc(/C=N\NC(=O)c2cccn(Cc3ccc(Cl)cc3)c2=O)cc(OC)c1OC. The summed E-state index contributed by atoms with van der Waals surface area (Å²) >= 11 is 5.90. The Balaban J connectivity index is 1.76. The average molecular weight is 456 g/mol. The molecule has 0 saturated heterocycles. The topological polar surface area (TPSA) is 91.2 Å². The molecule has 0 aliphatic heterocycles. The van der Waals surface area contributed by atoms with Gasteiger partial charge in [0, 0.05) is 16.8 Å². The van der Waals surface area contributed by atoms with Crippen LogP contribution in [-0.2, 0) is 6.54 Å². The molecular weight excluding hydrogens is 434 g/mol. The van der Waals surface area contributed by atoms with Crippen LogP contribution in [0, 0.1) is 0 Å². The number of pyridine rings is 1. The van der Waals surface area contributed by atoms with E-state index in [1.807, 2.05) is 12.1 Å². The Morgan fingerprint density at radius 1 is 1.06 bits per heavy atom. The number of nitrogens with zero attached hydrogens (tertiary/aromatic N) is 2. The van der Waals surface area contributed by atoms with Crippen LogP contribution in [-0.4, -0.2) is 38.0 Å². The number of hydrogen-bond donors (Lipinski definition) is 1. The summed E-state index contributed by atoms with van der Waals surface area (Å²) < 4.78 is 17.3. The third-order valence-electron chi connectivity index (χ3n) is 4.60. The van der Waals surface area contributed by atoms with Crippen molar-refractivity contribution in [1.29, 1.82) is 0 Å². The largest absolute Gasteiger partial charge is 0.493 e. The lowest BCUT2D eigenvalue weighted by Gasteiger charge is -2.12. The van der Waals surface area contributed by atoms with Crippen molar-refractivity contribution >= 4 is 23.7 Å². The highest BCUT2D eigenvalue weighted by atomic mass is 35.5. The molecule has 3 rings (SSSR count). The molecule has 0 unspecified atom stereocenters. The Hall–Kier alpha value is -3.78. The maximum atomic E-state index is 12.7. The van der Waals surface area contributed by atoms with E-state index in [0.29, 0.717) is 34.4 Å². The van der Waals surface area contributed by atoms with Crippen molar-refractivity contribution in [3.63, 3.8) is 0 Å². The number of hydrazone groups is 1. The molecule has 1 N–H and O–H groups in total. The molecule has 0 saturated carbocycles. The van der Waals surface area contributed by atoms with Crippen molar-refractivity contribution in [3.05, 3.63) is 86.8 Å². The van der Waals surface area contributed by atoms with Gasteiger partial charge in [0.15, 0.2) is 11.5 Å². The Morgan fingerprint density at radius 3 is 2.31 bits per heavy atom. The zero-order chi connectivity index (χ0) is 23.1. The summed E-state index contributed by atoms with van der Waals surface area (Å²) in [6.45, 7) is 0.311. The van der Waals surface area contributed by atoms with Gasteiger partial charge in [0.1, 0.15) is 5.56 Å². The Labute approximate surface area is 190 Å². The van der Waals surface area contributed by atoms with Gasteiger partial charge >= 0.3 is 0 Å². The van der Waals surface area contributed by atoms with Crippen molar-refractivity contribution in [1.82, 2.24) is 9.99 Å². The molecule has 1 heterocycles. The number of benzene rings is 2. The van der Waals surface area contributed by atoms with Crippen LogP contribution in [0.2, 0.25) is 5.02 Å². The molecule has 1 aromatic heterocycles. The molecule has 2 aromatic carbocycles. The first-order chi connectivity index (χ1) is 15.5. The summed E-state index contributed by atoms with van der Waals surface area (Å²) in [7, 11) is 4.52. The average Bonchev–Trinajstić information content (AvgIpc) is 2.81. The molecular formula is C23H22ClN3O5. The lowest BCUT2D eigenvalue weighted by Crippen LogP contribution is -2.30. The minimum absolute atomic E-state index is 0.0245. The quantitative estimate of drug-likeness (QED) is 0.415. The van der Waals surface area contributed by atoms with E-state index in [2.05, 4.69) is 10.5 Å². The molecule has 3 aromatic rings. The lowest BCUT2D eigenvalue weighted by atomic mass is 10.2. The van der Waals surface area contributed by atoms with Gasteiger partial charge in [-0.3, -0.25) is 9.59 Å². The highest BCUT2D eigenvalue weighted by Crippen LogP contribution is 2.37. The summed E-state index contributed by atoms with van der Waals surface area (Å²) in [5, 5.41) is 4.56. The van der Waals surface area contributed by atoms with Gasteiger partial charge in [-0.25, -0.2) is 5.43 Å². The Morgan fingerprint density at radius 2 is 1.72 bits per heavy atom. The van der Waals surface area contributed by atoms with Gasteiger partial charge in [0.05, 0.1) is 34.1 Å². The van der Waals surface area contributed by atoms with Crippen LogP contribution in [0.15, 0.2) is 64.6 Å². The van der Waals surface area contributed by atoms with E-state index in [0.717, 1.165) is 5.56 Å². The smallest absolute Gasteiger partial charge is 0.276 e. The fourth-order valence-corrected chi connectivity index (χ4v) is 3.15. The fourth-order valence-electron chi connectivity index (χ4n) is 3.02. The first-order valence-electron chi connectivity index (χ1n) is 9.54. The summed E-state index contributed by atoms with van der Waals surface area (Å²) in [4.78, 5) is 25.3. The van der Waals surface area contributed by atoms with E-state index in [1.165, 1.54) is 38.2 Å². The molecule has 1 amide bonds. The summed E-state index contributed by atoms with van der Waals surface area (Å²) in [6, 6.07) is 13.6. The number of ether oxygens (including phenoxy) is 3. The van der Waals surface area contributed by atoms with Crippen LogP contribution in [0.3, 0.4) is 0 Å². The molecule has 0 bridgehead atoms. The van der Waals surface area contributed by atoms with Crippen LogP contribution in [0.1, 0.15) is 21.5 Å². The van der Waals surface area contributed by atoms with Crippen molar-refractivity contribution in [2.75, 3.05) is 21.3 Å². The summed E-state index contributed by atoms with van der Waals surface area (Å²) in [5.74, 6) is 0.728. The maximum Gasteiger partial charge on any atom is 0.276 e. The highest BCUT2D eigenvalue weighted by molar-refractivity contribution is 6.30. The number of methoxy groups -OCH3 is 3. The predicted molar refractivity (Wildman–Crippen MR) is 122 cm³/mol. The standard InChI is InChI=1S/C23H22ClN3O5/c1-30-19-11-16(12-20(31-2)21(19)32-3)13-25-26-22(28)18-5-4-10-27(23(18)29)14-15-6-8-17(24)9-7-15/h4-13H,14H2,1-3H3,(H,26,28)/b25-13-. The Kier molecular flexibility index (Phi) is 7.51. The molecule has 0 spiro atoms. The zero-order valence-electron chi connectivity index (χ0n) is 17.8. The molecule has 9 heteroatoms. The summed E-state index contributed by atoms with van der Waals surface area (Å²) in [5.41, 5.74) is 3.41. The number of rotatable bonds is 8. The number of carbonyl (C=O) groups is 1. The zero-order valence-corrected chi connectivity index (χ0v) is 18.6. The molecule has 8 nitrogen and oxygen atoms in total. The number of aromatic nitrogens is 1. The number of halogens is 1. The first kappa shape index (κ1) is 22.9. The molecule has 0 radical (unpaired) electrons. The van der Waals surface area contributed by atoms with Crippen molar-refractivity contribution in [2.45, 2.75) is 6.54 Å². The van der Waals surface area contributed by atoms with Gasteiger partial charge in [-0.15, -0.1) is 0 Å². The second kappa shape index (κ2) is 10.5. The van der Waals surface area contributed by atoms with Crippen molar-refractivity contribution in [2.24, 2.45) is 5.10 Å². The van der Waals surface area contributed by atoms with Gasteiger partial charge in [0.25, 0.3) is 11.5 Å². The van der Waals surface area contributed by atoms with E-state index in [4.69, 9.17) is 25.8 Å². The van der Waals surface area contributed by atoms with Gasteiger partial charge in [-0.05, 0) is 42.0 Å².